The summed E-state index contributed by atoms with van der Waals surface area (Å²) < 4.78 is 17.8. The molecule has 3 aliphatic heterocycles. The molecule has 1 N–H and O–H groups in total. The summed E-state index contributed by atoms with van der Waals surface area (Å²) in [6, 6.07) is 3.78. The molecule has 1 aromatic rings. The molecule has 1 spiro atoms. The molecule has 4 rings (SSSR count). The Morgan fingerprint density at radius 2 is 2.27 bits per heavy atom. The van der Waals surface area contributed by atoms with E-state index < -0.39 is 0 Å². The van der Waals surface area contributed by atoms with Crippen molar-refractivity contribution < 1.29 is 19.3 Å². The largest absolute Gasteiger partial charge is 0.493 e. The number of methoxy groups -OCH3 is 1. The summed E-state index contributed by atoms with van der Waals surface area (Å²) in [7, 11) is 1.64. The van der Waals surface area contributed by atoms with E-state index in [-0.39, 0.29) is 24.2 Å². The first-order valence-corrected chi connectivity index (χ1v) is 9.98. The van der Waals surface area contributed by atoms with Gasteiger partial charge in [-0.1, -0.05) is 18.5 Å². The maximum absolute atomic E-state index is 9.80. The summed E-state index contributed by atoms with van der Waals surface area (Å²) in [6.07, 6.45) is 3.37. The van der Waals surface area contributed by atoms with Crippen molar-refractivity contribution >= 4 is 11.6 Å². The average Bonchev–Trinajstić information content (AvgIpc) is 3.27. The number of benzene rings is 1. The summed E-state index contributed by atoms with van der Waals surface area (Å²) in [5, 5.41) is 10.5. The third kappa shape index (κ3) is 2.99. The van der Waals surface area contributed by atoms with Gasteiger partial charge in [0.15, 0.2) is 11.5 Å². The van der Waals surface area contributed by atoms with Gasteiger partial charge < -0.3 is 19.3 Å². The van der Waals surface area contributed by atoms with Crippen LogP contribution in [0.25, 0.3) is 0 Å². The molecule has 5 nitrogen and oxygen atoms in total. The van der Waals surface area contributed by atoms with Gasteiger partial charge in [0.2, 0.25) is 0 Å². The van der Waals surface area contributed by atoms with Crippen LogP contribution in [0.4, 0.5) is 0 Å². The van der Waals surface area contributed by atoms with E-state index >= 15 is 0 Å². The number of fused-ring (bicyclic) bond motifs is 1. The third-order valence-electron chi connectivity index (χ3n) is 6.23. The van der Waals surface area contributed by atoms with Crippen molar-refractivity contribution in [2.24, 2.45) is 11.8 Å². The molecular formula is C20H28ClNO4. The van der Waals surface area contributed by atoms with E-state index in [1.807, 2.05) is 6.07 Å². The number of rotatable bonds is 7. The molecule has 4 atom stereocenters. The lowest BCUT2D eigenvalue weighted by molar-refractivity contribution is 0.000312. The van der Waals surface area contributed by atoms with Gasteiger partial charge in [0.1, 0.15) is 0 Å². The first-order chi connectivity index (χ1) is 12.6. The van der Waals surface area contributed by atoms with E-state index in [0.29, 0.717) is 23.3 Å². The lowest BCUT2D eigenvalue weighted by Gasteiger charge is -2.28. The van der Waals surface area contributed by atoms with Crippen LogP contribution in [0.2, 0.25) is 5.02 Å². The van der Waals surface area contributed by atoms with Crippen LogP contribution < -0.4 is 9.47 Å². The number of hydrogen-bond donors (Lipinski definition) is 1. The summed E-state index contributed by atoms with van der Waals surface area (Å²) in [4.78, 5) is 2.42. The topological polar surface area (TPSA) is 51.2 Å². The second-order valence-corrected chi connectivity index (χ2v) is 8.26. The third-order valence-corrected chi connectivity index (χ3v) is 6.44. The summed E-state index contributed by atoms with van der Waals surface area (Å²) in [5.74, 6) is 2.17. The Hall–Kier alpha value is -1.01. The zero-order chi connectivity index (χ0) is 18.3. The SMILES string of the molecule is CCCOc1c(CN2C[C@@H]3[C@H](CO)[C@H]4CC[C@]3(C2)O4)cc(Cl)cc1OC. The highest BCUT2D eigenvalue weighted by atomic mass is 35.5. The highest BCUT2D eigenvalue weighted by molar-refractivity contribution is 6.30. The van der Waals surface area contributed by atoms with E-state index in [0.717, 1.165) is 50.2 Å². The van der Waals surface area contributed by atoms with Gasteiger partial charge in [-0.15, -0.1) is 0 Å². The van der Waals surface area contributed by atoms with Gasteiger partial charge in [0, 0.05) is 54.7 Å². The predicted molar refractivity (Wildman–Crippen MR) is 100.0 cm³/mol. The second kappa shape index (κ2) is 7.19. The molecular weight excluding hydrogens is 354 g/mol. The zero-order valence-corrected chi connectivity index (χ0v) is 16.3. The van der Waals surface area contributed by atoms with Crippen molar-refractivity contribution in [3.63, 3.8) is 0 Å². The standard InChI is InChI=1S/C20H28ClNO4/c1-3-6-25-19-13(7-14(21)8-18(19)24-2)9-22-10-16-15(11-23)17-4-5-20(16,12-22)26-17/h7-8,15-17,23H,3-6,9-12H2,1-2H3/t15-,16+,17+,20+/m0/s1. The van der Waals surface area contributed by atoms with Gasteiger partial charge in [-0.05, 0) is 25.3 Å². The quantitative estimate of drug-likeness (QED) is 0.786. The Balaban J connectivity index is 1.55. The number of aliphatic hydroxyl groups is 1. The molecule has 6 heteroatoms. The van der Waals surface area contributed by atoms with E-state index in [1.165, 1.54) is 0 Å². The van der Waals surface area contributed by atoms with Crippen LogP contribution in [0, 0.1) is 11.8 Å². The molecule has 3 saturated heterocycles. The first kappa shape index (κ1) is 18.4. The normalized spacial score (nSPS) is 32.8. The Bertz CT molecular complexity index is 669. The molecule has 0 unspecified atom stereocenters. The average molecular weight is 382 g/mol. The van der Waals surface area contributed by atoms with Crippen LogP contribution in [0.3, 0.4) is 0 Å². The van der Waals surface area contributed by atoms with Crippen molar-refractivity contribution in [2.75, 3.05) is 33.4 Å². The lowest BCUT2D eigenvalue weighted by Crippen LogP contribution is -2.37. The molecule has 0 radical (unpaired) electrons. The van der Waals surface area contributed by atoms with Gasteiger partial charge in [-0.2, -0.15) is 0 Å². The molecule has 0 aliphatic carbocycles. The minimum absolute atomic E-state index is 0.0643. The smallest absolute Gasteiger partial charge is 0.165 e. The van der Waals surface area contributed by atoms with Crippen LogP contribution in [-0.4, -0.2) is 55.1 Å². The van der Waals surface area contributed by atoms with Gasteiger partial charge in [-0.3, -0.25) is 4.90 Å². The predicted octanol–water partition coefficient (Wildman–Crippen LogP) is 3.11. The maximum atomic E-state index is 9.80. The molecule has 0 aromatic heterocycles. The molecule has 3 fully saturated rings. The molecule has 1 aromatic carbocycles. The van der Waals surface area contributed by atoms with E-state index in [1.54, 1.807) is 13.2 Å². The van der Waals surface area contributed by atoms with E-state index in [9.17, 15) is 5.11 Å². The minimum Gasteiger partial charge on any atom is -0.493 e. The zero-order valence-electron chi connectivity index (χ0n) is 15.5. The highest BCUT2D eigenvalue weighted by Crippen LogP contribution is 2.55. The monoisotopic (exact) mass is 381 g/mol. The fourth-order valence-corrected chi connectivity index (χ4v) is 5.38. The van der Waals surface area contributed by atoms with Crippen LogP contribution in [0.5, 0.6) is 11.5 Å². The van der Waals surface area contributed by atoms with Crippen molar-refractivity contribution in [1.82, 2.24) is 4.90 Å². The number of hydrogen-bond acceptors (Lipinski definition) is 5. The Kier molecular flexibility index (Phi) is 5.08. The van der Waals surface area contributed by atoms with Gasteiger partial charge in [-0.25, -0.2) is 0 Å². The Morgan fingerprint density at radius 1 is 1.42 bits per heavy atom. The number of ether oxygens (including phenoxy) is 3. The Morgan fingerprint density at radius 3 is 3.00 bits per heavy atom. The van der Waals surface area contributed by atoms with Crippen LogP contribution in [0.1, 0.15) is 31.7 Å². The maximum Gasteiger partial charge on any atom is 0.165 e. The van der Waals surface area contributed by atoms with Crippen LogP contribution in [0.15, 0.2) is 12.1 Å². The molecule has 2 bridgehead atoms. The summed E-state index contributed by atoms with van der Waals surface area (Å²) in [5.41, 5.74) is 0.986. The molecule has 144 valence electrons. The van der Waals surface area contributed by atoms with Crippen molar-refractivity contribution in [3.05, 3.63) is 22.7 Å². The van der Waals surface area contributed by atoms with E-state index in [2.05, 4.69) is 11.8 Å². The fraction of sp³-hybridized carbons (Fsp3) is 0.700. The number of halogens is 1. The highest BCUT2D eigenvalue weighted by Gasteiger charge is 2.62. The van der Waals surface area contributed by atoms with Crippen molar-refractivity contribution in [3.8, 4) is 11.5 Å². The van der Waals surface area contributed by atoms with Crippen molar-refractivity contribution in [1.29, 1.82) is 0 Å². The second-order valence-electron chi connectivity index (χ2n) is 7.83. The van der Waals surface area contributed by atoms with Crippen LogP contribution >= 0.6 is 11.6 Å². The summed E-state index contributed by atoms with van der Waals surface area (Å²) in [6.45, 7) is 5.57. The molecule has 0 amide bonds. The van der Waals surface area contributed by atoms with Gasteiger partial charge in [0.25, 0.3) is 0 Å². The van der Waals surface area contributed by atoms with Gasteiger partial charge >= 0.3 is 0 Å². The van der Waals surface area contributed by atoms with E-state index in [4.69, 9.17) is 25.8 Å². The lowest BCUT2D eigenvalue weighted by atomic mass is 9.74. The van der Waals surface area contributed by atoms with Crippen molar-refractivity contribution in [2.45, 2.75) is 44.4 Å². The molecule has 26 heavy (non-hydrogen) atoms. The molecule has 3 heterocycles. The molecule has 0 saturated carbocycles. The molecule has 3 aliphatic rings. The Labute approximate surface area is 160 Å². The number of aliphatic hydroxyl groups excluding tert-OH is 1. The fourth-order valence-electron chi connectivity index (χ4n) is 5.15. The minimum atomic E-state index is -0.0643. The van der Waals surface area contributed by atoms with Crippen LogP contribution in [-0.2, 0) is 11.3 Å². The first-order valence-electron chi connectivity index (χ1n) is 9.60. The van der Waals surface area contributed by atoms with Gasteiger partial charge in [0.05, 0.1) is 25.4 Å². The summed E-state index contributed by atoms with van der Waals surface area (Å²) >= 11 is 6.31. The number of nitrogens with zero attached hydrogens (tertiary/aromatic N) is 1. The number of likely N-dealkylation sites (tertiary alicyclic amines) is 1.